The fraction of sp³-hybridized carbons (Fsp3) is 0.692. The number of nitriles is 1. The smallest absolute Gasteiger partial charge is 0.243 e. The normalized spacial score (nSPS) is 22.4. The van der Waals surface area contributed by atoms with Crippen molar-refractivity contribution in [3.8, 4) is 6.07 Å². The highest BCUT2D eigenvalue weighted by molar-refractivity contribution is 5.86. The van der Waals surface area contributed by atoms with Crippen LogP contribution in [0.1, 0.15) is 38.5 Å². The molecule has 0 aromatic carbocycles. The lowest BCUT2D eigenvalue weighted by molar-refractivity contribution is -0.138. The molecule has 2 aliphatic carbocycles. The van der Waals surface area contributed by atoms with E-state index >= 15 is 0 Å². The first kappa shape index (κ1) is 11.2. The lowest BCUT2D eigenvalue weighted by Crippen LogP contribution is -2.43. The minimum Gasteiger partial charge on any atom is -0.335 e. The van der Waals surface area contributed by atoms with Crippen LogP contribution in [0.2, 0.25) is 0 Å². The maximum absolute atomic E-state index is 12.4. The molecule has 0 aliphatic heterocycles. The van der Waals surface area contributed by atoms with E-state index in [1.807, 2.05) is 4.90 Å². The molecule has 0 aromatic rings. The Morgan fingerprint density at radius 3 is 2.56 bits per heavy atom. The number of amides is 1. The zero-order chi connectivity index (χ0) is 11.6. The minimum absolute atomic E-state index is 0.0508. The minimum atomic E-state index is -0.717. The number of carbonyl (C=O) groups is 1. The Kier molecular flexibility index (Phi) is 3.00. The van der Waals surface area contributed by atoms with Gasteiger partial charge in [-0.3, -0.25) is 4.79 Å². The highest BCUT2D eigenvalue weighted by Gasteiger charge is 2.46. The van der Waals surface area contributed by atoms with Gasteiger partial charge in [-0.05, 0) is 25.7 Å². The Balaban J connectivity index is 2.14. The van der Waals surface area contributed by atoms with Crippen molar-refractivity contribution in [3.63, 3.8) is 0 Å². The summed E-state index contributed by atoms with van der Waals surface area (Å²) >= 11 is 0. The quantitative estimate of drug-likeness (QED) is 0.679. The van der Waals surface area contributed by atoms with E-state index in [-0.39, 0.29) is 5.91 Å². The van der Waals surface area contributed by atoms with Crippen LogP contribution in [0.5, 0.6) is 0 Å². The van der Waals surface area contributed by atoms with E-state index in [2.05, 4.69) is 12.6 Å². The molecular formula is C13H18N2O. The number of carbonyl (C=O) groups excluding carboxylic acids is 1. The molecule has 0 radical (unpaired) electrons. The average molecular weight is 218 g/mol. The Labute approximate surface area is 96.7 Å². The van der Waals surface area contributed by atoms with Crippen molar-refractivity contribution in [1.29, 1.82) is 5.26 Å². The van der Waals surface area contributed by atoms with Gasteiger partial charge in [-0.25, -0.2) is 0 Å². The highest BCUT2D eigenvalue weighted by atomic mass is 16.2. The first-order chi connectivity index (χ1) is 7.73. The molecule has 0 unspecified atom stereocenters. The van der Waals surface area contributed by atoms with Gasteiger partial charge >= 0.3 is 0 Å². The number of hydrogen-bond donors (Lipinski definition) is 0. The molecule has 0 aromatic heterocycles. The van der Waals surface area contributed by atoms with Crippen molar-refractivity contribution in [2.75, 3.05) is 6.54 Å². The van der Waals surface area contributed by atoms with Crippen molar-refractivity contribution in [2.24, 2.45) is 5.41 Å². The van der Waals surface area contributed by atoms with E-state index in [9.17, 15) is 10.1 Å². The summed E-state index contributed by atoms with van der Waals surface area (Å²) in [7, 11) is 0. The molecule has 2 rings (SSSR count). The summed E-state index contributed by atoms with van der Waals surface area (Å²) in [5.41, 5.74) is -0.717. The van der Waals surface area contributed by atoms with Crippen LogP contribution in [0.4, 0.5) is 0 Å². The summed E-state index contributed by atoms with van der Waals surface area (Å²) in [5.74, 6) is 0.0508. The molecule has 1 amide bonds. The van der Waals surface area contributed by atoms with Gasteiger partial charge in [0, 0.05) is 12.6 Å². The van der Waals surface area contributed by atoms with Gasteiger partial charge in [-0.15, -0.1) is 6.58 Å². The Bertz CT molecular complexity index is 332. The second-order valence-corrected chi connectivity index (χ2v) is 4.88. The van der Waals surface area contributed by atoms with E-state index in [0.29, 0.717) is 12.6 Å². The predicted molar refractivity (Wildman–Crippen MR) is 61.4 cm³/mol. The van der Waals surface area contributed by atoms with Gasteiger partial charge in [0.25, 0.3) is 0 Å². The van der Waals surface area contributed by atoms with Gasteiger partial charge < -0.3 is 4.90 Å². The van der Waals surface area contributed by atoms with Gasteiger partial charge in [0.15, 0.2) is 0 Å². The third kappa shape index (κ3) is 1.84. The van der Waals surface area contributed by atoms with Gasteiger partial charge in [0.2, 0.25) is 5.91 Å². The number of nitrogens with zero attached hydrogens (tertiary/aromatic N) is 2. The van der Waals surface area contributed by atoms with Crippen LogP contribution in [-0.4, -0.2) is 23.4 Å². The van der Waals surface area contributed by atoms with E-state index in [4.69, 9.17) is 0 Å². The van der Waals surface area contributed by atoms with Crippen molar-refractivity contribution in [3.05, 3.63) is 12.7 Å². The van der Waals surface area contributed by atoms with Gasteiger partial charge in [-0.2, -0.15) is 5.26 Å². The Morgan fingerprint density at radius 2 is 2.12 bits per heavy atom. The molecule has 0 spiro atoms. The molecule has 0 atom stereocenters. The van der Waals surface area contributed by atoms with E-state index < -0.39 is 5.41 Å². The predicted octanol–water partition coefficient (Wildman–Crippen LogP) is 2.25. The average Bonchev–Trinajstić information content (AvgIpc) is 3.02. The van der Waals surface area contributed by atoms with E-state index in [1.54, 1.807) is 6.08 Å². The van der Waals surface area contributed by atoms with E-state index in [0.717, 1.165) is 38.5 Å². The SMILES string of the molecule is C=CCN(C(=O)C1(C#N)CCCC1)C1CC1. The van der Waals surface area contributed by atoms with Crippen LogP contribution < -0.4 is 0 Å². The molecule has 2 fully saturated rings. The maximum atomic E-state index is 12.4. The highest BCUT2D eigenvalue weighted by Crippen LogP contribution is 2.41. The summed E-state index contributed by atoms with van der Waals surface area (Å²) in [6.45, 7) is 4.28. The molecule has 2 aliphatic rings. The topological polar surface area (TPSA) is 44.1 Å². The molecular weight excluding hydrogens is 200 g/mol. The Hall–Kier alpha value is -1.30. The zero-order valence-corrected chi connectivity index (χ0v) is 9.61. The summed E-state index contributed by atoms with van der Waals surface area (Å²) in [6, 6.07) is 2.64. The molecule has 0 saturated heterocycles. The molecule has 0 bridgehead atoms. The molecule has 2 saturated carbocycles. The molecule has 0 heterocycles. The van der Waals surface area contributed by atoms with E-state index in [1.165, 1.54) is 0 Å². The lowest BCUT2D eigenvalue weighted by atomic mass is 9.86. The van der Waals surface area contributed by atoms with Crippen LogP contribution in [0.3, 0.4) is 0 Å². The summed E-state index contributed by atoms with van der Waals surface area (Å²) in [6.07, 6.45) is 7.42. The maximum Gasteiger partial charge on any atom is 0.243 e. The monoisotopic (exact) mass is 218 g/mol. The first-order valence-electron chi connectivity index (χ1n) is 6.07. The fourth-order valence-electron chi connectivity index (χ4n) is 2.55. The van der Waals surface area contributed by atoms with Crippen LogP contribution in [-0.2, 0) is 4.79 Å². The Morgan fingerprint density at radius 1 is 1.50 bits per heavy atom. The second kappa shape index (κ2) is 4.29. The third-order valence-electron chi connectivity index (χ3n) is 3.65. The van der Waals surface area contributed by atoms with Crippen LogP contribution >= 0.6 is 0 Å². The molecule has 86 valence electrons. The third-order valence-corrected chi connectivity index (χ3v) is 3.65. The lowest BCUT2D eigenvalue weighted by Gasteiger charge is -2.29. The van der Waals surface area contributed by atoms with Gasteiger partial charge in [0.05, 0.1) is 6.07 Å². The first-order valence-corrected chi connectivity index (χ1v) is 6.07. The molecule has 0 N–H and O–H groups in total. The summed E-state index contributed by atoms with van der Waals surface area (Å²) < 4.78 is 0. The van der Waals surface area contributed by atoms with Crippen molar-refractivity contribution in [1.82, 2.24) is 4.90 Å². The molecule has 3 nitrogen and oxygen atoms in total. The molecule has 3 heteroatoms. The van der Waals surface area contributed by atoms with Crippen LogP contribution in [0.15, 0.2) is 12.7 Å². The molecule has 16 heavy (non-hydrogen) atoms. The standard InChI is InChI=1S/C13H18N2O/c1-2-9-15(11-5-6-11)12(16)13(10-14)7-3-4-8-13/h2,11H,1,3-9H2. The number of hydrogen-bond acceptors (Lipinski definition) is 2. The zero-order valence-electron chi connectivity index (χ0n) is 9.61. The largest absolute Gasteiger partial charge is 0.335 e. The van der Waals surface area contributed by atoms with Crippen molar-refractivity contribution >= 4 is 5.91 Å². The van der Waals surface area contributed by atoms with Crippen molar-refractivity contribution in [2.45, 2.75) is 44.6 Å². The summed E-state index contributed by atoms with van der Waals surface area (Å²) in [4.78, 5) is 14.3. The summed E-state index contributed by atoms with van der Waals surface area (Å²) in [5, 5.41) is 9.28. The fourth-order valence-corrected chi connectivity index (χ4v) is 2.55. The van der Waals surface area contributed by atoms with Gasteiger partial charge in [0.1, 0.15) is 5.41 Å². The van der Waals surface area contributed by atoms with Crippen molar-refractivity contribution < 1.29 is 4.79 Å². The van der Waals surface area contributed by atoms with Crippen LogP contribution in [0.25, 0.3) is 0 Å². The second-order valence-electron chi connectivity index (χ2n) is 4.88. The van der Waals surface area contributed by atoms with Gasteiger partial charge in [-0.1, -0.05) is 18.9 Å². The van der Waals surface area contributed by atoms with Crippen LogP contribution in [0, 0.1) is 16.7 Å². The number of rotatable bonds is 4.